The van der Waals surface area contributed by atoms with Crippen LogP contribution >= 0.6 is 11.3 Å². The molecular weight excluding hydrogens is 202 g/mol. The van der Waals surface area contributed by atoms with Crippen LogP contribution in [0.5, 0.6) is 0 Å². The van der Waals surface area contributed by atoms with Gasteiger partial charge >= 0.3 is 0 Å². The number of hydrogen-bond acceptors (Lipinski definition) is 2. The zero-order chi connectivity index (χ0) is 10.7. The second-order valence-electron chi connectivity index (χ2n) is 3.67. The average molecular weight is 217 g/mol. The lowest BCUT2D eigenvalue weighted by Crippen LogP contribution is -2.01. The van der Waals surface area contributed by atoms with Crippen molar-refractivity contribution in [1.82, 2.24) is 0 Å². The fourth-order valence-electron chi connectivity index (χ4n) is 1.66. The molecule has 0 amide bonds. The highest BCUT2D eigenvalue weighted by Gasteiger charge is 2.04. The van der Waals surface area contributed by atoms with E-state index in [0.717, 1.165) is 13.0 Å². The molecule has 2 rings (SSSR count). The zero-order valence-corrected chi connectivity index (χ0v) is 9.68. The fraction of sp³-hybridized carbons (Fsp3) is 0.231. The molecule has 0 saturated carbocycles. The Morgan fingerprint density at radius 3 is 2.80 bits per heavy atom. The number of thiophene rings is 1. The van der Waals surface area contributed by atoms with E-state index >= 15 is 0 Å². The van der Waals surface area contributed by atoms with Crippen molar-refractivity contribution in [3.63, 3.8) is 0 Å². The molecule has 0 aliphatic heterocycles. The van der Waals surface area contributed by atoms with Crippen molar-refractivity contribution < 1.29 is 0 Å². The highest BCUT2D eigenvalue weighted by molar-refractivity contribution is 7.13. The van der Waals surface area contributed by atoms with Gasteiger partial charge < -0.3 is 5.73 Å². The van der Waals surface area contributed by atoms with Crippen molar-refractivity contribution >= 4 is 11.3 Å². The minimum atomic E-state index is 0.726. The first kappa shape index (κ1) is 10.4. The van der Waals surface area contributed by atoms with Crippen LogP contribution in [0.4, 0.5) is 0 Å². The Kier molecular flexibility index (Phi) is 3.19. The fourth-order valence-corrected chi connectivity index (χ4v) is 2.70. The SMILES string of the molecule is Cc1ccccc1-c1cc(CCN)cs1. The van der Waals surface area contributed by atoms with Crippen molar-refractivity contribution in [1.29, 1.82) is 0 Å². The molecule has 0 radical (unpaired) electrons. The van der Waals surface area contributed by atoms with Crippen LogP contribution in [0.25, 0.3) is 10.4 Å². The molecule has 0 aliphatic carbocycles. The monoisotopic (exact) mass is 217 g/mol. The Morgan fingerprint density at radius 2 is 2.07 bits per heavy atom. The van der Waals surface area contributed by atoms with E-state index in [4.69, 9.17) is 5.73 Å². The van der Waals surface area contributed by atoms with Crippen molar-refractivity contribution in [2.75, 3.05) is 6.54 Å². The lowest BCUT2D eigenvalue weighted by molar-refractivity contribution is 0.974. The quantitative estimate of drug-likeness (QED) is 0.839. The van der Waals surface area contributed by atoms with Gasteiger partial charge in [-0.2, -0.15) is 0 Å². The van der Waals surface area contributed by atoms with Gasteiger partial charge in [0.1, 0.15) is 0 Å². The van der Waals surface area contributed by atoms with Crippen LogP contribution in [-0.2, 0) is 6.42 Å². The van der Waals surface area contributed by atoms with E-state index in [-0.39, 0.29) is 0 Å². The van der Waals surface area contributed by atoms with Gasteiger partial charge in [0.05, 0.1) is 0 Å². The van der Waals surface area contributed by atoms with E-state index in [0.29, 0.717) is 0 Å². The van der Waals surface area contributed by atoms with Crippen LogP contribution in [0.3, 0.4) is 0 Å². The molecule has 0 bridgehead atoms. The molecule has 1 heterocycles. The van der Waals surface area contributed by atoms with Gasteiger partial charge in [-0.25, -0.2) is 0 Å². The van der Waals surface area contributed by atoms with E-state index in [1.807, 2.05) is 0 Å². The highest BCUT2D eigenvalue weighted by atomic mass is 32.1. The maximum absolute atomic E-state index is 5.54. The summed E-state index contributed by atoms with van der Waals surface area (Å²) in [6.07, 6.45) is 0.975. The molecule has 2 aromatic rings. The molecule has 0 unspecified atom stereocenters. The van der Waals surface area contributed by atoms with E-state index in [2.05, 4.69) is 42.6 Å². The molecule has 1 nitrogen and oxygen atoms in total. The molecule has 1 aromatic carbocycles. The number of hydrogen-bond donors (Lipinski definition) is 1. The van der Waals surface area contributed by atoms with Crippen molar-refractivity contribution in [2.24, 2.45) is 5.73 Å². The van der Waals surface area contributed by atoms with E-state index in [1.165, 1.54) is 21.6 Å². The van der Waals surface area contributed by atoms with Crippen LogP contribution in [-0.4, -0.2) is 6.54 Å². The molecule has 2 N–H and O–H groups in total. The highest BCUT2D eigenvalue weighted by Crippen LogP contribution is 2.29. The Morgan fingerprint density at radius 1 is 1.27 bits per heavy atom. The summed E-state index contributed by atoms with van der Waals surface area (Å²) in [5.74, 6) is 0. The molecule has 0 fully saturated rings. The average Bonchev–Trinajstić information content (AvgIpc) is 2.68. The predicted molar refractivity (Wildman–Crippen MR) is 67.3 cm³/mol. The summed E-state index contributed by atoms with van der Waals surface area (Å²) in [5, 5.41) is 2.20. The number of nitrogens with two attached hydrogens (primary N) is 1. The van der Waals surface area contributed by atoms with Crippen LogP contribution < -0.4 is 5.73 Å². The lowest BCUT2D eigenvalue weighted by Gasteiger charge is -2.01. The second-order valence-corrected chi connectivity index (χ2v) is 4.58. The first-order valence-corrected chi connectivity index (χ1v) is 6.02. The first-order chi connectivity index (χ1) is 7.31. The molecule has 15 heavy (non-hydrogen) atoms. The molecule has 0 saturated heterocycles. The zero-order valence-electron chi connectivity index (χ0n) is 8.86. The summed E-state index contributed by atoms with van der Waals surface area (Å²) >= 11 is 1.80. The third-order valence-corrected chi connectivity index (χ3v) is 3.51. The molecule has 0 aliphatic rings. The number of aryl methyl sites for hydroxylation is 1. The van der Waals surface area contributed by atoms with Crippen LogP contribution in [0.2, 0.25) is 0 Å². The molecule has 2 heteroatoms. The second kappa shape index (κ2) is 4.60. The van der Waals surface area contributed by atoms with Gasteiger partial charge in [0.25, 0.3) is 0 Å². The normalized spacial score (nSPS) is 10.5. The topological polar surface area (TPSA) is 26.0 Å². The smallest absolute Gasteiger partial charge is 0.0348 e. The predicted octanol–water partition coefficient (Wildman–Crippen LogP) is 3.22. The Labute approximate surface area is 94.6 Å². The number of benzene rings is 1. The Hall–Kier alpha value is -1.12. The Balaban J connectivity index is 2.33. The molecule has 0 atom stereocenters. The lowest BCUT2D eigenvalue weighted by atomic mass is 10.1. The molecule has 0 spiro atoms. The summed E-state index contributed by atoms with van der Waals surface area (Å²) in [4.78, 5) is 1.34. The van der Waals surface area contributed by atoms with Crippen molar-refractivity contribution in [3.05, 3.63) is 46.8 Å². The van der Waals surface area contributed by atoms with Gasteiger partial charge in [-0.05, 0) is 48.0 Å². The molecule has 1 aromatic heterocycles. The first-order valence-electron chi connectivity index (χ1n) is 5.15. The molecule has 78 valence electrons. The van der Waals surface area contributed by atoms with Gasteiger partial charge in [-0.1, -0.05) is 24.3 Å². The summed E-state index contributed by atoms with van der Waals surface area (Å²) in [6, 6.07) is 10.7. The van der Waals surface area contributed by atoms with E-state index in [9.17, 15) is 0 Å². The maximum atomic E-state index is 5.54. The third kappa shape index (κ3) is 2.28. The van der Waals surface area contributed by atoms with Gasteiger partial charge in [-0.3, -0.25) is 0 Å². The van der Waals surface area contributed by atoms with Gasteiger partial charge in [0, 0.05) is 4.88 Å². The Bertz CT molecular complexity index is 445. The third-order valence-electron chi connectivity index (χ3n) is 2.50. The van der Waals surface area contributed by atoms with Crippen molar-refractivity contribution in [2.45, 2.75) is 13.3 Å². The minimum absolute atomic E-state index is 0.726. The number of rotatable bonds is 3. The maximum Gasteiger partial charge on any atom is 0.0348 e. The standard InChI is InChI=1S/C13H15NS/c1-10-4-2-3-5-12(10)13-8-11(6-7-14)9-15-13/h2-5,8-9H,6-7,14H2,1H3. The summed E-state index contributed by atoms with van der Waals surface area (Å²) < 4.78 is 0. The van der Waals surface area contributed by atoms with Crippen LogP contribution in [0.1, 0.15) is 11.1 Å². The summed E-state index contributed by atoms with van der Waals surface area (Å²) in [6.45, 7) is 2.88. The van der Waals surface area contributed by atoms with Gasteiger partial charge in [0.15, 0.2) is 0 Å². The van der Waals surface area contributed by atoms with E-state index < -0.39 is 0 Å². The molecular formula is C13H15NS. The summed E-state index contributed by atoms with van der Waals surface area (Å²) in [7, 11) is 0. The van der Waals surface area contributed by atoms with Crippen molar-refractivity contribution in [3.8, 4) is 10.4 Å². The summed E-state index contributed by atoms with van der Waals surface area (Å²) in [5.41, 5.74) is 9.56. The van der Waals surface area contributed by atoms with E-state index in [1.54, 1.807) is 11.3 Å². The largest absolute Gasteiger partial charge is 0.330 e. The van der Waals surface area contributed by atoms with Gasteiger partial charge in [-0.15, -0.1) is 11.3 Å². The van der Waals surface area contributed by atoms with Gasteiger partial charge in [0.2, 0.25) is 0 Å². The van der Waals surface area contributed by atoms with Crippen LogP contribution in [0, 0.1) is 6.92 Å². The van der Waals surface area contributed by atoms with Crippen LogP contribution in [0.15, 0.2) is 35.7 Å². The minimum Gasteiger partial charge on any atom is -0.330 e.